The molecule has 2 amide bonds. The van der Waals surface area contributed by atoms with E-state index >= 15 is 0 Å². The van der Waals surface area contributed by atoms with Crippen molar-refractivity contribution in [2.75, 3.05) is 12.4 Å². The molecule has 8 nitrogen and oxygen atoms in total. The second kappa shape index (κ2) is 7.21. The van der Waals surface area contributed by atoms with E-state index in [1.807, 2.05) is 13.8 Å². The molecule has 29 heavy (non-hydrogen) atoms. The molecule has 0 radical (unpaired) electrons. The molecule has 9 heteroatoms. The molecule has 0 bridgehead atoms. The Balaban J connectivity index is 1.72. The Kier molecular flexibility index (Phi) is 4.98. The molecule has 2 aliphatic carbocycles. The van der Waals surface area contributed by atoms with Gasteiger partial charge in [-0.3, -0.25) is 9.67 Å². The summed E-state index contributed by atoms with van der Waals surface area (Å²) < 4.78 is 16.0. The fourth-order valence-electron chi connectivity index (χ4n) is 4.17. The molecule has 0 aliphatic heterocycles. The summed E-state index contributed by atoms with van der Waals surface area (Å²) in [6, 6.07) is -0.362. The lowest BCUT2D eigenvalue weighted by atomic mass is 10.0. The molecule has 2 heterocycles. The maximum Gasteiger partial charge on any atom is 0.505 e. The first-order valence-corrected chi connectivity index (χ1v) is 11.7. The predicted molar refractivity (Wildman–Crippen MR) is 111 cm³/mol. The Morgan fingerprint density at radius 3 is 2.79 bits per heavy atom. The van der Waals surface area contributed by atoms with E-state index in [1.165, 1.54) is 13.2 Å². The third-order valence-electron chi connectivity index (χ3n) is 6.02. The molecule has 0 saturated carbocycles. The summed E-state index contributed by atoms with van der Waals surface area (Å²) in [6.45, 7) is 6.12. The fraction of sp³-hybridized carbons (Fsp3) is 0.550. The van der Waals surface area contributed by atoms with Gasteiger partial charge in [0.25, 0.3) is 0 Å². The Morgan fingerprint density at radius 2 is 2.10 bits per heavy atom. The van der Waals surface area contributed by atoms with Gasteiger partial charge in [0.1, 0.15) is 10.6 Å². The topological polar surface area (TPSA) is 106 Å². The van der Waals surface area contributed by atoms with Crippen LogP contribution in [-0.2, 0) is 29.2 Å². The zero-order valence-electron chi connectivity index (χ0n) is 17.4. The van der Waals surface area contributed by atoms with Crippen LogP contribution in [0, 0.1) is 0 Å². The second-order valence-corrected chi connectivity index (χ2v) is 10.5. The third kappa shape index (κ3) is 3.36. The molecule has 156 valence electrons. The van der Waals surface area contributed by atoms with Crippen LogP contribution < -0.4 is 10.5 Å². The Hall–Kier alpha value is -2.26. The SMILES string of the molecule is CC1CCc2c1nc1c(c2NC(=O)[N+](C)=S(N)(=O)c2cnn(C(C)C)c2)CCC1. The molecule has 0 fully saturated rings. The number of nitrogens with one attached hydrogen (secondary N) is 1. The molecule has 2 atom stereocenters. The summed E-state index contributed by atoms with van der Waals surface area (Å²) in [4.78, 5) is 18.3. The predicted octanol–water partition coefficient (Wildman–Crippen LogP) is 2.97. The van der Waals surface area contributed by atoms with Crippen LogP contribution in [0.5, 0.6) is 0 Å². The van der Waals surface area contributed by atoms with Crippen molar-refractivity contribution in [2.24, 2.45) is 5.14 Å². The minimum atomic E-state index is -3.24. The van der Waals surface area contributed by atoms with Crippen molar-refractivity contribution in [3.63, 3.8) is 0 Å². The second-order valence-electron chi connectivity index (χ2n) is 8.32. The van der Waals surface area contributed by atoms with Crippen LogP contribution >= 0.6 is 0 Å². The monoisotopic (exact) mass is 417 g/mol. The average Bonchev–Trinajstić information content (AvgIpc) is 3.41. The number of nitrogens with two attached hydrogens (primary N) is 1. The molecule has 3 N–H and O–H groups in total. The van der Waals surface area contributed by atoms with Crippen LogP contribution in [0.1, 0.15) is 68.1 Å². The van der Waals surface area contributed by atoms with E-state index in [1.54, 1.807) is 10.9 Å². The van der Waals surface area contributed by atoms with E-state index in [2.05, 4.69) is 17.3 Å². The standard InChI is InChI=1S/C20H28N6O2S/c1-12(2)26-11-14(10-22-26)29(21,28)25(4)20(27)24-19-15-6-5-7-17(15)23-18-13(3)8-9-16(18)19/h10-13,21H,5-9H2,1-4H3,(H,23,24,27)/p+1. The highest BCUT2D eigenvalue weighted by Crippen LogP contribution is 2.41. The van der Waals surface area contributed by atoms with Crippen LogP contribution in [0.4, 0.5) is 10.5 Å². The highest BCUT2D eigenvalue weighted by atomic mass is 32.2. The summed E-state index contributed by atoms with van der Waals surface area (Å²) in [5, 5.41) is 13.4. The highest BCUT2D eigenvalue weighted by Gasteiger charge is 2.33. The number of carbonyl (C=O) groups is 1. The number of aromatic nitrogens is 3. The Bertz CT molecular complexity index is 1110. The van der Waals surface area contributed by atoms with Gasteiger partial charge in [-0.2, -0.15) is 9.89 Å². The van der Waals surface area contributed by atoms with Crippen molar-refractivity contribution in [2.45, 2.75) is 69.7 Å². The van der Waals surface area contributed by atoms with Crippen molar-refractivity contribution < 1.29 is 12.9 Å². The van der Waals surface area contributed by atoms with Gasteiger partial charge in [-0.05, 0) is 51.9 Å². The van der Waals surface area contributed by atoms with Crippen molar-refractivity contribution in [3.8, 4) is 0 Å². The van der Waals surface area contributed by atoms with Gasteiger partial charge >= 0.3 is 6.03 Å². The van der Waals surface area contributed by atoms with Gasteiger partial charge in [-0.25, -0.2) is 14.7 Å². The third-order valence-corrected chi connectivity index (χ3v) is 7.89. The number of hydrogen-bond acceptors (Lipinski definition) is 4. The van der Waals surface area contributed by atoms with Crippen LogP contribution in [0.3, 0.4) is 0 Å². The maximum atomic E-state index is 13.3. The number of anilines is 1. The van der Waals surface area contributed by atoms with Crippen LogP contribution in [0.15, 0.2) is 17.3 Å². The van der Waals surface area contributed by atoms with Crippen molar-refractivity contribution in [1.82, 2.24) is 14.8 Å². The van der Waals surface area contributed by atoms with E-state index in [9.17, 15) is 9.00 Å². The number of urea groups is 1. The first kappa shape index (κ1) is 20.0. The molecular formula is C20H29N6O2S+. The zero-order chi connectivity index (χ0) is 20.9. The number of hydrogen-bond donors (Lipinski definition) is 2. The molecule has 2 aliphatic rings. The number of carbonyl (C=O) groups excluding carboxylic acids is 1. The Morgan fingerprint density at radius 1 is 1.34 bits per heavy atom. The van der Waals surface area contributed by atoms with Crippen LogP contribution in [-0.4, -0.2) is 36.0 Å². The quantitative estimate of drug-likeness (QED) is 0.749. The number of pyridine rings is 1. The largest absolute Gasteiger partial charge is 0.505 e. The lowest BCUT2D eigenvalue weighted by Gasteiger charge is -2.13. The van der Waals surface area contributed by atoms with E-state index in [0.717, 1.165) is 64.3 Å². The van der Waals surface area contributed by atoms with Gasteiger partial charge in [0.15, 0.2) is 9.92 Å². The summed E-state index contributed by atoms with van der Waals surface area (Å²) in [5.74, 6) is 0.393. The smallest absolute Gasteiger partial charge is 0.269 e. The molecular weight excluding hydrogens is 388 g/mol. The van der Waals surface area contributed by atoms with Crippen LogP contribution in [0.25, 0.3) is 0 Å². The molecule has 0 aromatic carbocycles. The summed E-state index contributed by atoms with van der Waals surface area (Å²) in [5.41, 5.74) is 5.28. The first-order valence-electron chi connectivity index (χ1n) is 10.2. The zero-order valence-corrected chi connectivity index (χ0v) is 18.3. The minimum absolute atomic E-state index is 0.113. The summed E-state index contributed by atoms with van der Waals surface area (Å²) in [7, 11) is -1.77. The van der Waals surface area contributed by atoms with Gasteiger partial charge in [0.2, 0.25) is 0 Å². The van der Waals surface area contributed by atoms with E-state index in [-0.39, 0.29) is 6.04 Å². The molecule has 4 rings (SSSR count). The van der Waals surface area contributed by atoms with Gasteiger partial charge < -0.3 is 0 Å². The molecule has 2 aromatic heterocycles. The molecule has 2 unspecified atom stereocenters. The fourth-order valence-corrected chi connectivity index (χ4v) is 5.24. The Labute approximate surface area is 171 Å². The summed E-state index contributed by atoms with van der Waals surface area (Å²) in [6.07, 6.45) is 7.93. The number of amides is 2. The number of rotatable bonds is 3. The van der Waals surface area contributed by atoms with Gasteiger partial charge in [-0.15, -0.1) is 3.95 Å². The van der Waals surface area contributed by atoms with E-state index in [4.69, 9.17) is 10.1 Å². The van der Waals surface area contributed by atoms with Gasteiger partial charge in [-0.1, -0.05) is 6.92 Å². The van der Waals surface area contributed by atoms with Crippen molar-refractivity contribution in [3.05, 3.63) is 34.9 Å². The van der Waals surface area contributed by atoms with E-state index in [0.29, 0.717) is 10.8 Å². The number of aryl methyl sites for hydroxylation is 1. The van der Waals surface area contributed by atoms with Gasteiger partial charge in [0.05, 0.1) is 18.9 Å². The highest BCUT2D eigenvalue weighted by molar-refractivity contribution is 7.89. The number of fused-ring (bicyclic) bond motifs is 2. The minimum Gasteiger partial charge on any atom is -0.269 e. The first-order chi connectivity index (χ1) is 13.7. The number of nitrogens with zero attached hydrogens (tertiary/aromatic N) is 4. The van der Waals surface area contributed by atoms with E-state index < -0.39 is 15.9 Å². The molecule has 0 saturated heterocycles. The summed E-state index contributed by atoms with van der Waals surface area (Å²) >= 11 is 0. The lowest BCUT2D eigenvalue weighted by molar-refractivity contribution is -0.364. The maximum absolute atomic E-state index is 13.3. The van der Waals surface area contributed by atoms with Crippen LogP contribution in [0.2, 0.25) is 0 Å². The average molecular weight is 418 g/mol. The lowest BCUT2D eigenvalue weighted by Crippen LogP contribution is -2.33. The molecule has 0 spiro atoms. The van der Waals surface area contributed by atoms with Crippen molar-refractivity contribution >= 4 is 21.6 Å². The van der Waals surface area contributed by atoms with Crippen molar-refractivity contribution in [1.29, 1.82) is 0 Å². The molecule has 2 aromatic rings. The van der Waals surface area contributed by atoms with Gasteiger partial charge in [0, 0.05) is 29.1 Å². The normalized spacial score (nSPS) is 19.7.